The second kappa shape index (κ2) is 11.4. The van der Waals surface area contributed by atoms with E-state index in [-0.39, 0.29) is 42.8 Å². The maximum Gasteiger partial charge on any atom is 0.422 e. The molecule has 2 aromatic rings. The summed E-state index contributed by atoms with van der Waals surface area (Å²) in [6.07, 6.45) is -4.41. The van der Waals surface area contributed by atoms with Gasteiger partial charge in [-0.2, -0.15) is 13.2 Å². The molecule has 0 aliphatic heterocycles. The number of hydrogen-bond donors (Lipinski definition) is 3. The SMILES string of the molecule is CCNC(=NCc1ccccc1OCC(F)(F)F)NCC(C)(O)c1ccc(C)o1.I. The molecule has 0 spiro atoms. The van der Waals surface area contributed by atoms with Crippen molar-refractivity contribution >= 4 is 29.9 Å². The van der Waals surface area contributed by atoms with E-state index >= 15 is 0 Å². The lowest BCUT2D eigenvalue weighted by Gasteiger charge is -2.23. The molecule has 0 saturated carbocycles. The summed E-state index contributed by atoms with van der Waals surface area (Å²) in [4.78, 5) is 4.38. The summed E-state index contributed by atoms with van der Waals surface area (Å²) in [5.41, 5.74) is -0.750. The van der Waals surface area contributed by atoms with Crippen LogP contribution in [0.4, 0.5) is 13.2 Å². The van der Waals surface area contributed by atoms with Gasteiger partial charge in [-0.3, -0.25) is 0 Å². The number of benzene rings is 1. The number of nitrogens with zero attached hydrogens (tertiary/aromatic N) is 1. The molecule has 1 unspecified atom stereocenters. The minimum atomic E-state index is -4.41. The summed E-state index contributed by atoms with van der Waals surface area (Å²) in [7, 11) is 0. The van der Waals surface area contributed by atoms with Crippen molar-refractivity contribution in [2.45, 2.75) is 39.1 Å². The third-order valence-electron chi connectivity index (χ3n) is 3.99. The van der Waals surface area contributed by atoms with Crippen LogP contribution in [-0.2, 0) is 12.1 Å². The Labute approximate surface area is 190 Å². The molecule has 3 N–H and O–H groups in total. The Balaban J connectivity index is 0.00000450. The van der Waals surface area contributed by atoms with Crippen molar-refractivity contribution in [3.63, 3.8) is 0 Å². The predicted octanol–water partition coefficient (Wildman–Crippen LogP) is 4.11. The Morgan fingerprint density at radius 1 is 1.17 bits per heavy atom. The molecule has 168 valence electrons. The number of furan rings is 1. The van der Waals surface area contributed by atoms with Crippen LogP contribution in [0.1, 0.15) is 30.9 Å². The molecule has 6 nitrogen and oxygen atoms in total. The number of aliphatic hydroxyl groups is 1. The van der Waals surface area contributed by atoms with Crippen LogP contribution in [0, 0.1) is 6.92 Å². The van der Waals surface area contributed by atoms with Gasteiger partial charge in [0.05, 0.1) is 13.1 Å². The molecule has 0 fully saturated rings. The summed E-state index contributed by atoms with van der Waals surface area (Å²) in [5.74, 6) is 1.64. The third-order valence-corrected chi connectivity index (χ3v) is 3.99. The van der Waals surface area contributed by atoms with Gasteiger partial charge in [-0.1, -0.05) is 18.2 Å². The van der Waals surface area contributed by atoms with E-state index < -0.39 is 18.4 Å². The highest BCUT2D eigenvalue weighted by Crippen LogP contribution is 2.23. The molecule has 2 rings (SSSR count). The second-order valence-corrected chi connectivity index (χ2v) is 6.74. The molecule has 0 radical (unpaired) electrons. The lowest BCUT2D eigenvalue weighted by atomic mass is 10.0. The van der Waals surface area contributed by atoms with Crippen LogP contribution in [0.3, 0.4) is 0 Å². The van der Waals surface area contributed by atoms with E-state index in [9.17, 15) is 18.3 Å². The van der Waals surface area contributed by atoms with Crippen molar-refractivity contribution in [1.29, 1.82) is 0 Å². The Morgan fingerprint density at radius 2 is 1.87 bits per heavy atom. The van der Waals surface area contributed by atoms with Crippen LogP contribution in [0.2, 0.25) is 0 Å². The summed E-state index contributed by atoms with van der Waals surface area (Å²) in [5, 5.41) is 16.7. The van der Waals surface area contributed by atoms with Crippen LogP contribution in [0.5, 0.6) is 5.75 Å². The van der Waals surface area contributed by atoms with Crippen LogP contribution in [0.25, 0.3) is 0 Å². The number of para-hydroxylation sites is 1. The molecule has 0 amide bonds. The van der Waals surface area contributed by atoms with Gasteiger partial charge in [0.15, 0.2) is 12.6 Å². The number of rotatable bonds is 8. The maximum absolute atomic E-state index is 12.4. The predicted molar refractivity (Wildman–Crippen MR) is 119 cm³/mol. The molecule has 0 saturated heterocycles. The van der Waals surface area contributed by atoms with Crippen molar-refractivity contribution in [2.24, 2.45) is 4.99 Å². The third kappa shape index (κ3) is 8.42. The average molecular weight is 541 g/mol. The molecule has 30 heavy (non-hydrogen) atoms. The highest BCUT2D eigenvalue weighted by Gasteiger charge is 2.29. The quantitative estimate of drug-likeness (QED) is 0.267. The number of guanidine groups is 1. The van der Waals surface area contributed by atoms with Crippen molar-refractivity contribution in [1.82, 2.24) is 10.6 Å². The monoisotopic (exact) mass is 541 g/mol. The van der Waals surface area contributed by atoms with Crippen molar-refractivity contribution in [2.75, 3.05) is 19.7 Å². The fourth-order valence-corrected chi connectivity index (χ4v) is 2.51. The number of ether oxygens (including phenoxy) is 1. The molecule has 1 heterocycles. The maximum atomic E-state index is 12.4. The van der Waals surface area contributed by atoms with E-state index in [1.54, 1.807) is 44.2 Å². The largest absolute Gasteiger partial charge is 0.484 e. The molecular weight excluding hydrogens is 514 g/mol. The molecule has 0 aliphatic carbocycles. The Hall–Kier alpha value is -1.95. The average Bonchev–Trinajstić information content (AvgIpc) is 3.10. The summed E-state index contributed by atoms with van der Waals surface area (Å²) in [6.45, 7) is 4.71. The molecule has 1 atom stereocenters. The first-order valence-corrected chi connectivity index (χ1v) is 9.19. The number of aryl methyl sites for hydroxylation is 1. The minimum absolute atomic E-state index is 0. The van der Waals surface area contributed by atoms with Gasteiger partial charge < -0.3 is 24.9 Å². The lowest BCUT2D eigenvalue weighted by molar-refractivity contribution is -0.153. The van der Waals surface area contributed by atoms with Crippen LogP contribution in [-0.4, -0.2) is 36.9 Å². The van der Waals surface area contributed by atoms with Crippen LogP contribution < -0.4 is 15.4 Å². The van der Waals surface area contributed by atoms with Gasteiger partial charge in [0.25, 0.3) is 0 Å². The topological polar surface area (TPSA) is 79.0 Å². The van der Waals surface area contributed by atoms with E-state index in [0.29, 0.717) is 29.6 Å². The normalized spacial score (nSPS) is 13.9. The fraction of sp³-hybridized carbons (Fsp3) is 0.450. The number of hydrogen-bond acceptors (Lipinski definition) is 4. The van der Waals surface area contributed by atoms with E-state index in [0.717, 1.165) is 0 Å². The molecule has 0 aliphatic rings. The van der Waals surface area contributed by atoms with Gasteiger partial charge in [0.2, 0.25) is 0 Å². The van der Waals surface area contributed by atoms with Crippen molar-refractivity contribution < 1.29 is 27.4 Å². The first-order chi connectivity index (χ1) is 13.6. The van der Waals surface area contributed by atoms with Gasteiger partial charge in [-0.05, 0) is 39.0 Å². The summed E-state index contributed by atoms with van der Waals surface area (Å²) in [6, 6.07) is 9.90. The minimum Gasteiger partial charge on any atom is -0.484 e. The molecule has 1 aromatic carbocycles. The first kappa shape index (κ1) is 26.1. The molecule has 10 heteroatoms. The Morgan fingerprint density at radius 3 is 2.47 bits per heavy atom. The summed E-state index contributed by atoms with van der Waals surface area (Å²) < 4.78 is 47.7. The van der Waals surface area contributed by atoms with E-state index in [4.69, 9.17) is 9.15 Å². The Bertz CT molecular complexity index is 823. The van der Waals surface area contributed by atoms with Crippen molar-refractivity contribution in [3.8, 4) is 5.75 Å². The van der Waals surface area contributed by atoms with Crippen LogP contribution >= 0.6 is 24.0 Å². The number of halogens is 4. The summed E-state index contributed by atoms with van der Waals surface area (Å²) >= 11 is 0. The van der Waals surface area contributed by atoms with Crippen LogP contribution in [0.15, 0.2) is 45.8 Å². The number of alkyl halides is 3. The molecule has 1 aromatic heterocycles. The zero-order chi connectivity index (χ0) is 21.5. The number of nitrogens with one attached hydrogen (secondary N) is 2. The highest BCUT2D eigenvalue weighted by molar-refractivity contribution is 14.0. The zero-order valence-corrected chi connectivity index (χ0v) is 19.4. The standard InChI is InChI=1S/C20H26F3N3O3.HI/c1-4-24-18(26-12-19(3,27)17-10-9-14(2)29-17)25-11-15-7-5-6-8-16(15)28-13-20(21,22)23;/h5-10,27H,4,11-13H2,1-3H3,(H2,24,25,26);1H. The van der Waals surface area contributed by atoms with E-state index in [1.165, 1.54) is 6.07 Å². The molecule has 0 bridgehead atoms. The van der Waals surface area contributed by atoms with Crippen molar-refractivity contribution in [3.05, 3.63) is 53.5 Å². The number of aliphatic imine (C=N–C) groups is 1. The van der Waals surface area contributed by atoms with Gasteiger partial charge in [-0.15, -0.1) is 24.0 Å². The van der Waals surface area contributed by atoms with Gasteiger partial charge >= 0.3 is 6.18 Å². The van der Waals surface area contributed by atoms with E-state index in [2.05, 4.69) is 15.6 Å². The zero-order valence-electron chi connectivity index (χ0n) is 17.0. The fourth-order valence-electron chi connectivity index (χ4n) is 2.51. The molecular formula is C20H27F3IN3O3. The van der Waals surface area contributed by atoms with Gasteiger partial charge in [-0.25, -0.2) is 4.99 Å². The smallest absolute Gasteiger partial charge is 0.422 e. The van der Waals surface area contributed by atoms with E-state index in [1.807, 2.05) is 6.92 Å². The highest BCUT2D eigenvalue weighted by atomic mass is 127. The second-order valence-electron chi connectivity index (χ2n) is 6.74. The first-order valence-electron chi connectivity index (χ1n) is 9.19. The van der Waals surface area contributed by atoms with Gasteiger partial charge in [0, 0.05) is 12.1 Å². The Kier molecular flexibility index (Phi) is 9.95. The van der Waals surface area contributed by atoms with Gasteiger partial charge in [0.1, 0.15) is 22.9 Å². The lowest BCUT2D eigenvalue weighted by Crippen LogP contribution is -2.44.